The number of carbonyl (C=O) groups is 2. The van der Waals surface area contributed by atoms with Crippen molar-refractivity contribution in [3.05, 3.63) is 0 Å². The van der Waals surface area contributed by atoms with Crippen molar-refractivity contribution in [1.82, 2.24) is 0 Å². The number of hydrogen-bond donors (Lipinski definition) is 2. The van der Waals surface area contributed by atoms with Gasteiger partial charge in [0.05, 0.1) is 0 Å². The van der Waals surface area contributed by atoms with Crippen LogP contribution in [-0.4, -0.2) is 18.9 Å². The Labute approximate surface area is 60.9 Å². The van der Waals surface area contributed by atoms with Gasteiger partial charge in [-0.15, -0.1) is 0 Å². The third kappa shape index (κ3) is 6.02. The van der Waals surface area contributed by atoms with Gasteiger partial charge in [-0.1, -0.05) is 10.2 Å². The highest BCUT2D eigenvalue weighted by Gasteiger charge is 1.97. The second-order valence-electron chi connectivity index (χ2n) is 1.24. The Kier molecular flexibility index (Phi) is 4.13. The van der Waals surface area contributed by atoms with Gasteiger partial charge in [-0.2, -0.15) is 5.11 Å². The van der Waals surface area contributed by atoms with E-state index < -0.39 is 18.9 Å². The lowest BCUT2D eigenvalue weighted by molar-refractivity contribution is 0.156. The Morgan fingerprint density at radius 3 is 2.55 bits per heavy atom. The molecule has 0 spiro atoms. The van der Waals surface area contributed by atoms with Crippen LogP contribution in [0.2, 0.25) is 0 Å². The molecule has 0 radical (unpaired) electrons. The van der Waals surface area contributed by atoms with Gasteiger partial charge in [-0.25, -0.2) is 15.1 Å². The SMILES string of the molecule is N=NCOC(=O)N=NC(N)=O. The summed E-state index contributed by atoms with van der Waals surface area (Å²) in [6.45, 7) is -0.448. The zero-order valence-corrected chi connectivity index (χ0v) is 5.35. The van der Waals surface area contributed by atoms with E-state index in [2.05, 4.69) is 25.8 Å². The molecule has 0 heterocycles. The standard InChI is InChI=1S/C3H5N5O3/c4-2(9)7-8-3(10)11-1-6-5/h5H,1H2,(H2,4,9). The lowest BCUT2D eigenvalue weighted by Gasteiger charge is -1.89. The Hall–Kier alpha value is -1.86. The smallest absolute Gasteiger partial charge is 0.422 e. The van der Waals surface area contributed by atoms with Crippen LogP contribution in [0, 0.1) is 5.53 Å². The van der Waals surface area contributed by atoms with Crippen LogP contribution in [-0.2, 0) is 4.74 Å². The van der Waals surface area contributed by atoms with Crippen LogP contribution in [0.3, 0.4) is 0 Å². The summed E-state index contributed by atoms with van der Waals surface area (Å²) in [7, 11) is 0. The first-order valence-electron chi connectivity index (χ1n) is 2.38. The summed E-state index contributed by atoms with van der Waals surface area (Å²) >= 11 is 0. The molecule has 0 unspecified atom stereocenters. The number of nitrogens with one attached hydrogen (secondary N) is 1. The summed E-state index contributed by atoms with van der Waals surface area (Å²) < 4.78 is 4.08. The first-order chi connectivity index (χ1) is 5.16. The molecule has 0 fully saturated rings. The maximum atomic E-state index is 10.3. The van der Waals surface area contributed by atoms with Crippen molar-refractivity contribution < 1.29 is 14.3 Å². The molecule has 0 aliphatic heterocycles. The number of primary amides is 1. The number of urea groups is 1. The number of hydrogen-bond acceptors (Lipinski definition) is 5. The van der Waals surface area contributed by atoms with Crippen LogP contribution in [0.25, 0.3) is 0 Å². The quantitative estimate of drug-likeness (QED) is 0.573. The summed E-state index contributed by atoms with van der Waals surface area (Å²) in [5.74, 6) is 0. The molecule has 0 aromatic carbocycles. The first-order valence-corrected chi connectivity index (χ1v) is 2.38. The van der Waals surface area contributed by atoms with Gasteiger partial charge in [0.25, 0.3) is 0 Å². The predicted octanol–water partition coefficient (Wildman–Crippen LogP) is 0.642. The molecule has 0 aliphatic carbocycles. The third-order valence-electron chi connectivity index (χ3n) is 0.483. The van der Waals surface area contributed by atoms with Crippen molar-refractivity contribution in [1.29, 1.82) is 5.53 Å². The second-order valence-corrected chi connectivity index (χ2v) is 1.24. The van der Waals surface area contributed by atoms with Gasteiger partial charge in [0.2, 0.25) is 6.73 Å². The van der Waals surface area contributed by atoms with Crippen molar-refractivity contribution in [2.45, 2.75) is 0 Å². The largest absolute Gasteiger partial charge is 0.454 e. The molecule has 0 atom stereocenters. The van der Waals surface area contributed by atoms with Gasteiger partial charge in [0, 0.05) is 0 Å². The highest BCUT2D eigenvalue weighted by Crippen LogP contribution is 1.85. The Morgan fingerprint density at radius 2 is 2.09 bits per heavy atom. The zero-order chi connectivity index (χ0) is 8.69. The molecule has 0 rings (SSSR count). The topological polar surface area (TPSA) is 130 Å². The van der Waals surface area contributed by atoms with E-state index in [9.17, 15) is 9.59 Å². The highest BCUT2D eigenvalue weighted by atomic mass is 16.6. The molecule has 0 saturated heterocycles. The third-order valence-corrected chi connectivity index (χ3v) is 0.483. The number of azo groups is 1. The fourth-order valence-corrected chi connectivity index (χ4v) is 0.206. The molecule has 0 aliphatic rings. The van der Waals surface area contributed by atoms with E-state index in [1.165, 1.54) is 0 Å². The monoisotopic (exact) mass is 159 g/mol. The molecule has 11 heavy (non-hydrogen) atoms. The maximum absolute atomic E-state index is 10.3. The molecular formula is C3H5N5O3. The second kappa shape index (κ2) is 4.97. The Morgan fingerprint density at radius 1 is 1.45 bits per heavy atom. The highest BCUT2D eigenvalue weighted by molar-refractivity contribution is 5.75. The molecule has 0 saturated carbocycles. The minimum absolute atomic E-state index is 0.448. The van der Waals surface area contributed by atoms with E-state index in [1.807, 2.05) is 0 Å². The van der Waals surface area contributed by atoms with Crippen LogP contribution in [0.4, 0.5) is 9.59 Å². The van der Waals surface area contributed by atoms with Gasteiger partial charge in [-0.05, 0) is 0 Å². The number of nitrogens with two attached hydrogens (primary N) is 1. The lowest BCUT2D eigenvalue weighted by atomic mass is 11.1. The summed E-state index contributed by atoms with van der Waals surface area (Å²) in [6.07, 6.45) is -1.11. The van der Waals surface area contributed by atoms with Crippen molar-refractivity contribution >= 4 is 12.1 Å². The van der Waals surface area contributed by atoms with Crippen LogP contribution in [0.15, 0.2) is 15.3 Å². The normalized spacial score (nSPS) is 9.45. The van der Waals surface area contributed by atoms with Gasteiger partial charge >= 0.3 is 12.1 Å². The van der Waals surface area contributed by atoms with Crippen LogP contribution in [0.5, 0.6) is 0 Å². The molecule has 8 nitrogen and oxygen atoms in total. The molecule has 0 aromatic rings. The minimum Gasteiger partial charge on any atom is -0.422 e. The van der Waals surface area contributed by atoms with Crippen molar-refractivity contribution in [2.24, 2.45) is 21.1 Å². The molecular weight excluding hydrogens is 154 g/mol. The summed E-state index contributed by atoms with van der Waals surface area (Å²) in [5.41, 5.74) is 10.7. The molecule has 0 aromatic heterocycles. The van der Waals surface area contributed by atoms with Crippen LogP contribution in [0.1, 0.15) is 0 Å². The Bertz CT molecular complexity index is 199. The summed E-state index contributed by atoms with van der Waals surface area (Å²) in [6, 6.07) is -1.09. The van der Waals surface area contributed by atoms with Gasteiger partial charge < -0.3 is 10.5 Å². The number of carbonyl (C=O) groups excluding carboxylic acids is 2. The summed E-state index contributed by atoms with van der Waals surface area (Å²) in [5, 5.41) is 8.06. The van der Waals surface area contributed by atoms with E-state index in [0.29, 0.717) is 0 Å². The van der Waals surface area contributed by atoms with E-state index >= 15 is 0 Å². The van der Waals surface area contributed by atoms with E-state index in [-0.39, 0.29) is 0 Å². The van der Waals surface area contributed by atoms with Crippen molar-refractivity contribution in [3.8, 4) is 0 Å². The molecule has 8 heteroatoms. The van der Waals surface area contributed by atoms with E-state index in [0.717, 1.165) is 0 Å². The lowest BCUT2D eigenvalue weighted by Crippen LogP contribution is -2.04. The molecule has 3 amide bonds. The van der Waals surface area contributed by atoms with E-state index in [1.54, 1.807) is 0 Å². The number of ether oxygens (including phenoxy) is 1. The first kappa shape index (κ1) is 9.14. The molecule has 0 bridgehead atoms. The number of amides is 3. The van der Waals surface area contributed by atoms with Crippen LogP contribution < -0.4 is 5.73 Å². The van der Waals surface area contributed by atoms with Gasteiger partial charge in [0.15, 0.2) is 0 Å². The van der Waals surface area contributed by atoms with Gasteiger partial charge in [0.1, 0.15) is 0 Å². The van der Waals surface area contributed by atoms with Crippen molar-refractivity contribution in [3.63, 3.8) is 0 Å². The van der Waals surface area contributed by atoms with Crippen molar-refractivity contribution in [2.75, 3.05) is 6.73 Å². The number of rotatable bonds is 2. The minimum atomic E-state index is -1.11. The van der Waals surface area contributed by atoms with E-state index in [4.69, 9.17) is 5.53 Å². The van der Waals surface area contributed by atoms with Gasteiger partial charge in [-0.3, -0.25) is 0 Å². The summed E-state index contributed by atoms with van der Waals surface area (Å²) in [4.78, 5) is 20.1. The fourth-order valence-electron chi connectivity index (χ4n) is 0.206. The average Bonchev–Trinajstić information content (AvgIpc) is 1.97. The molecule has 60 valence electrons. The molecule has 3 N–H and O–H groups in total. The fraction of sp³-hybridized carbons (Fsp3) is 0.333. The average molecular weight is 159 g/mol. The zero-order valence-electron chi connectivity index (χ0n) is 5.35. The Balaban J connectivity index is 3.68. The maximum Gasteiger partial charge on any atom is 0.454 e. The predicted molar refractivity (Wildman–Crippen MR) is 30.9 cm³/mol. The van der Waals surface area contributed by atoms with Crippen LogP contribution >= 0.6 is 0 Å². The number of nitrogens with zero attached hydrogens (tertiary/aromatic N) is 3.